The first-order valence-corrected chi connectivity index (χ1v) is 6.86. The summed E-state index contributed by atoms with van der Waals surface area (Å²) in [6.45, 7) is 1.79. The molecule has 8 nitrogen and oxygen atoms in total. The number of hydrogen-bond donors (Lipinski definition) is 2. The second-order valence-corrected chi connectivity index (χ2v) is 5.27. The highest BCUT2D eigenvalue weighted by Gasteiger charge is 2.28. The van der Waals surface area contributed by atoms with Crippen molar-refractivity contribution < 1.29 is 24.2 Å². The van der Waals surface area contributed by atoms with Crippen molar-refractivity contribution in [2.45, 2.75) is 31.3 Å². The van der Waals surface area contributed by atoms with Gasteiger partial charge in [-0.1, -0.05) is 0 Å². The zero-order valence-electron chi connectivity index (χ0n) is 12.7. The highest BCUT2D eigenvalue weighted by Crippen LogP contribution is 2.14. The minimum Gasteiger partial charge on any atom is -0.480 e. The zero-order valence-corrected chi connectivity index (χ0v) is 12.7. The van der Waals surface area contributed by atoms with E-state index in [-0.39, 0.29) is 6.04 Å². The summed E-state index contributed by atoms with van der Waals surface area (Å²) >= 11 is 0. The number of urea groups is 1. The molecule has 0 aromatic heterocycles. The van der Waals surface area contributed by atoms with Crippen LogP contribution >= 0.6 is 0 Å². The third-order valence-electron chi connectivity index (χ3n) is 3.75. The maximum absolute atomic E-state index is 12.1. The van der Waals surface area contributed by atoms with Crippen molar-refractivity contribution >= 4 is 18.0 Å². The van der Waals surface area contributed by atoms with Crippen LogP contribution in [0.1, 0.15) is 19.3 Å². The lowest BCUT2D eigenvalue weighted by molar-refractivity contribution is -0.147. The maximum Gasteiger partial charge on any atom is 0.326 e. The van der Waals surface area contributed by atoms with Gasteiger partial charge in [0.2, 0.25) is 0 Å². The standard InChI is InChI=1S/C13H23N3O5/c1-15-6-4-9(5-7-15)16(2)13(20)14-10(12(18)19)8-11(17)21-3/h9-10H,4-8H2,1-3H3,(H,14,20)(H,18,19)/t10-/m0/s1. The molecule has 0 radical (unpaired) electrons. The molecule has 2 N–H and O–H groups in total. The first-order chi connectivity index (χ1) is 9.85. The van der Waals surface area contributed by atoms with E-state index in [9.17, 15) is 14.4 Å². The molecule has 1 atom stereocenters. The second kappa shape index (κ2) is 7.82. The van der Waals surface area contributed by atoms with Crippen LogP contribution in [0.3, 0.4) is 0 Å². The SMILES string of the molecule is COC(=O)C[C@H](NC(=O)N(C)C1CCN(C)CC1)C(=O)O. The van der Waals surface area contributed by atoms with Gasteiger partial charge in [-0.05, 0) is 33.0 Å². The fourth-order valence-corrected chi connectivity index (χ4v) is 2.25. The lowest BCUT2D eigenvalue weighted by Crippen LogP contribution is -2.52. The first-order valence-electron chi connectivity index (χ1n) is 6.86. The number of likely N-dealkylation sites (tertiary alicyclic amines) is 1. The van der Waals surface area contributed by atoms with Crippen LogP contribution < -0.4 is 5.32 Å². The highest BCUT2D eigenvalue weighted by molar-refractivity contribution is 5.86. The Morgan fingerprint density at radius 3 is 2.43 bits per heavy atom. The van der Waals surface area contributed by atoms with Gasteiger partial charge in [0.25, 0.3) is 0 Å². The summed E-state index contributed by atoms with van der Waals surface area (Å²) in [4.78, 5) is 38.0. The van der Waals surface area contributed by atoms with Gasteiger partial charge in [-0.3, -0.25) is 4.79 Å². The first kappa shape index (κ1) is 17.2. The van der Waals surface area contributed by atoms with Crippen molar-refractivity contribution in [3.63, 3.8) is 0 Å². The van der Waals surface area contributed by atoms with E-state index in [1.54, 1.807) is 7.05 Å². The Labute approximate surface area is 124 Å². The van der Waals surface area contributed by atoms with Crippen LogP contribution in [0.4, 0.5) is 4.79 Å². The van der Waals surface area contributed by atoms with E-state index < -0.39 is 30.4 Å². The summed E-state index contributed by atoms with van der Waals surface area (Å²) in [5, 5.41) is 11.4. The van der Waals surface area contributed by atoms with E-state index in [1.165, 1.54) is 12.0 Å². The van der Waals surface area contributed by atoms with Gasteiger partial charge in [0.1, 0.15) is 6.04 Å². The van der Waals surface area contributed by atoms with Crippen LogP contribution in [-0.4, -0.2) is 79.3 Å². The van der Waals surface area contributed by atoms with Crippen molar-refractivity contribution in [3.05, 3.63) is 0 Å². The number of carboxylic acid groups (broad SMARTS) is 1. The van der Waals surface area contributed by atoms with Crippen molar-refractivity contribution in [3.8, 4) is 0 Å². The Bertz CT molecular complexity index is 393. The van der Waals surface area contributed by atoms with E-state index in [0.29, 0.717) is 0 Å². The van der Waals surface area contributed by atoms with E-state index in [2.05, 4.69) is 15.0 Å². The molecule has 2 amide bonds. The number of carbonyl (C=O) groups excluding carboxylic acids is 2. The molecule has 1 fully saturated rings. The molecule has 0 bridgehead atoms. The number of ether oxygens (including phenoxy) is 1. The van der Waals surface area contributed by atoms with Gasteiger partial charge in [0, 0.05) is 13.1 Å². The molecule has 0 aromatic carbocycles. The number of aliphatic carboxylic acids is 1. The molecular weight excluding hydrogens is 278 g/mol. The zero-order chi connectivity index (χ0) is 16.0. The smallest absolute Gasteiger partial charge is 0.326 e. The predicted octanol–water partition coefficient (Wildman–Crippen LogP) is -0.262. The van der Waals surface area contributed by atoms with Crippen LogP contribution in [0.5, 0.6) is 0 Å². The summed E-state index contributed by atoms with van der Waals surface area (Å²) in [7, 11) is 4.84. The quantitative estimate of drug-likeness (QED) is 0.679. The number of hydrogen-bond acceptors (Lipinski definition) is 5. The fraction of sp³-hybridized carbons (Fsp3) is 0.769. The lowest BCUT2D eigenvalue weighted by Gasteiger charge is -2.35. The number of nitrogens with one attached hydrogen (secondary N) is 1. The fourth-order valence-electron chi connectivity index (χ4n) is 2.25. The van der Waals surface area contributed by atoms with Crippen LogP contribution in [0, 0.1) is 0 Å². The van der Waals surface area contributed by atoms with E-state index in [4.69, 9.17) is 5.11 Å². The molecule has 0 saturated carbocycles. The summed E-state index contributed by atoms with van der Waals surface area (Å²) in [6, 6.07) is -1.69. The average Bonchev–Trinajstić information content (AvgIpc) is 2.46. The topological polar surface area (TPSA) is 99.2 Å². The third kappa shape index (κ3) is 5.22. The Morgan fingerprint density at radius 2 is 1.95 bits per heavy atom. The Morgan fingerprint density at radius 1 is 1.38 bits per heavy atom. The molecule has 0 aromatic rings. The molecule has 1 aliphatic heterocycles. The number of carbonyl (C=O) groups is 3. The largest absolute Gasteiger partial charge is 0.480 e. The molecule has 0 unspecified atom stereocenters. The van der Waals surface area contributed by atoms with Crippen LogP contribution in [0.25, 0.3) is 0 Å². The summed E-state index contributed by atoms with van der Waals surface area (Å²) < 4.78 is 4.43. The molecule has 0 spiro atoms. The predicted molar refractivity (Wildman–Crippen MR) is 74.9 cm³/mol. The monoisotopic (exact) mass is 301 g/mol. The lowest BCUT2D eigenvalue weighted by atomic mass is 10.0. The van der Waals surface area contributed by atoms with Crippen molar-refractivity contribution in [2.24, 2.45) is 0 Å². The Hall–Kier alpha value is -1.83. The second-order valence-electron chi connectivity index (χ2n) is 5.27. The molecule has 0 aliphatic carbocycles. The summed E-state index contributed by atoms with van der Waals surface area (Å²) in [6.07, 6.45) is 1.29. The minimum atomic E-state index is -1.28. The normalized spacial score (nSPS) is 17.9. The molecule has 1 saturated heterocycles. The number of nitrogens with zero attached hydrogens (tertiary/aromatic N) is 2. The molecular formula is C13H23N3O5. The molecule has 120 valence electrons. The molecule has 21 heavy (non-hydrogen) atoms. The van der Waals surface area contributed by atoms with Crippen molar-refractivity contribution in [1.29, 1.82) is 0 Å². The van der Waals surface area contributed by atoms with Gasteiger partial charge in [-0.2, -0.15) is 0 Å². The highest BCUT2D eigenvalue weighted by atomic mass is 16.5. The molecule has 1 rings (SSSR count). The van der Waals surface area contributed by atoms with E-state index >= 15 is 0 Å². The number of amides is 2. The number of methoxy groups -OCH3 is 1. The molecule has 8 heteroatoms. The van der Waals surface area contributed by atoms with E-state index in [1.807, 2.05) is 7.05 Å². The number of rotatable bonds is 5. The summed E-state index contributed by atoms with van der Waals surface area (Å²) in [5.41, 5.74) is 0. The van der Waals surface area contributed by atoms with Gasteiger partial charge in [-0.25, -0.2) is 9.59 Å². The third-order valence-corrected chi connectivity index (χ3v) is 3.75. The van der Waals surface area contributed by atoms with Gasteiger partial charge in [0.15, 0.2) is 0 Å². The summed E-state index contributed by atoms with van der Waals surface area (Å²) in [5.74, 6) is -1.94. The number of piperidine rings is 1. The van der Waals surface area contributed by atoms with E-state index in [0.717, 1.165) is 25.9 Å². The average molecular weight is 301 g/mol. The minimum absolute atomic E-state index is 0.0776. The van der Waals surface area contributed by atoms with Crippen molar-refractivity contribution in [1.82, 2.24) is 15.1 Å². The molecule has 1 aliphatic rings. The Balaban J connectivity index is 2.56. The van der Waals surface area contributed by atoms with Gasteiger partial charge < -0.3 is 25.0 Å². The number of esters is 1. The number of carboxylic acids is 1. The maximum atomic E-state index is 12.1. The van der Waals surface area contributed by atoms with Crippen LogP contribution in [0.15, 0.2) is 0 Å². The van der Waals surface area contributed by atoms with Gasteiger partial charge in [-0.15, -0.1) is 0 Å². The van der Waals surface area contributed by atoms with Crippen LogP contribution in [-0.2, 0) is 14.3 Å². The van der Waals surface area contributed by atoms with Crippen LogP contribution in [0.2, 0.25) is 0 Å². The van der Waals surface area contributed by atoms with Gasteiger partial charge in [0.05, 0.1) is 13.5 Å². The van der Waals surface area contributed by atoms with Crippen molar-refractivity contribution in [2.75, 3.05) is 34.3 Å². The molecule has 1 heterocycles. The van der Waals surface area contributed by atoms with Gasteiger partial charge >= 0.3 is 18.0 Å². The Kier molecular flexibility index (Phi) is 6.41.